The molecule has 4 rings (SSSR count). The molecule has 0 amide bonds. The molecule has 4 aromatic rings. The first-order valence-electron chi connectivity index (χ1n) is 11.2. The summed E-state index contributed by atoms with van der Waals surface area (Å²) in [5.41, 5.74) is 5.87. The second-order valence-electron chi connectivity index (χ2n) is 7.97. The summed E-state index contributed by atoms with van der Waals surface area (Å²) in [7, 11) is 8.19. The van der Waals surface area contributed by atoms with E-state index >= 15 is 0 Å². The molecule has 7 nitrogen and oxygen atoms in total. The summed E-state index contributed by atoms with van der Waals surface area (Å²) in [6.07, 6.45) is 0. The molecule has 1 heterocycles. The van der Waals surface area contributed by atoms with E-state index in [2.05, 4.69) is 13.0 Å². The molecule has 0 aliphatic carbocycles. The van der Waals surface area contributed by atoms with Gasteiger partial charge in [0.15, 0.2) is 23.0 Å². The number of hydrogen-bond acceptors (Lipinski definition) is 6. The zero-order valence-electron chi connectivity index (χ0n) is 20.9. The maximum atomic E-state index is 5.57. The predicted octanol–water partition coefficient (Wildman–Crippen LogP) is 5.62. The Hall–Kier alpha value is -4.13. The van der Waals surface area contributed by atoms with Gasteiger partial charge in [0, 0.05) is 16.7 Å². The van der Waals surface area contributed by atoms with Gasteiger partial charge < -0.3 is 23.7 Å². The van der Waals surface area contributed by atoms with Crippen LogP contribution in [0.15, 0.2) is 60.7 Å². The molecule has 35 heavy (non-hydrogen) atoms. The van der Waals surface area contributed by atoms with Crippen molar-refractivity contribution in [2.24, 2.45) is 0 Å². The number of methoxy groups -OCH3 is 5. The van der Waals surface area contributed by atoms with Crippen molar-refractivity contribution < 1.29 is 23.7 Å². The van der Waals surface area contributed by atoms with Crippen LogP contribution in [0.2, 0.25) is 0 Å². The molecule has 1 aromatic heterocycles. The largest absolute Gasteiger partial charge is 0.497 e. The van der Waals surface area contributed by atoms with Crippen LogP contribution in [-0.2, 0) is 6.54 Å². The molecule has 0 atom stereocenters. The molecule has 0 bridgehead atoms. The molecule has 0 fully saturated rings. The van der Waals surface area contributed by atoms with E-state index in [0.717, 1.165) is 39.4 Å². The molecule has 0 spiro atoms. The molecule has 0 aliphatic heterocycles. The van der Waals surface area contributed by atoms with Crippen molar-refractivity contribution in [1.29, 1.82) is 0 Å². The third-order valence-corrected chi connectivity index (χ3v) is 5.97. The monoisotopic (exact) mass is 474 g/mol. The smallest absolute Gasteiger partial charge is 0.161 e. The van der Waals surface area contributed by atoms with E-state index in [1.165, 1.54) is 0 Å². The van der Waals surface area contributed by atoms with Crippen LogP contribution >= 0.6 is 0 Å². The van der Waals surface area contributed by atoms with E-state index in [-0.39, 0.29) is 0 Å². The maximum Gasteiger partial charge on any atom is 0.161 e. The normalized spacial score (nSPS) is 10.7. The molecular weight excluding hydrogens is 444 g/mol. The molecule has 0 saturated carbocycles. The predicted molar refractivity (Wildman–Crippen MR) is 136 cm³/mol. The van der Waals surface area contributed by atoms with Gasteiger partial charge in [-0.15, -0.1) is 0 Å². The van der Waals surface area contributed by atoms with Crippen LogP contribution in [0.3, 0.4) is 0 Å². The van der Waals surface area contributed by atoms with Gasteiger partial charge in [0.2, 0.25) is 0 Å². The second-order valence-corrected chi connectivity index (χ2v) is 7.97. The third kappa shape index (κ3) is 4.75. The fraction of sp³-hybridized carbons (Fsp3) is 0.250. The molecule has 182 valence electrons. The first-order valence-corrected chi connectivity index (χ1v) is 11.2. The summed E-state index contributed by atoms with van der Waals surface area (Å²) in [4.78, 5) is 0. The van der Waals surface area contributed by atoms with Crippen LogP contribution in [0, 0.1) is 6.92 Å². The van der Waals surface area contributed by atoms with Crippen molar-refractivity contribution in [2.45, 2.75) is 13.5 Å². The topological polar surface area (TPSA) is 64.0 Å². The van der Waals surface area contributed by atoms with Crippen LogP contribution in [0.25, 0.3) is 22.5 Å². The highest BCUT2D eigenvalue weighted by Gasteiger charge is 2.20. The van der Waals surface area contributed by atoms with Crippen molar-refractivity contribution in [2.75, 3.05) is 35.5 Å². The second kappa shape index (κ2) is 10.4. The standard InChI is InChI=1S/C28H30N2O5/c1-18-27(20-10-12-23(32-3)25(15-20)34-5)29-30(17-19-8-7-9-22(14-19)31-2)28(18)21-11-13-24(33-4)26(16-21)35-6/h7-16H,17H2,1-6H3. The molecule has 3 aromatic carbocycles. The van der Waals surface area contributed by atoms with Gasteiger partial charge in [0.05, 0.1) is 53.5 Å². The summed E-state index contributed by atoms with van der Waals surface area (Å²) in [6.45, 7) is 2.64. The van der Waals surface area contributed by atoms with Crippen LogP contribution in [0.5, 0.6) is 28.7 Å². The van der Waals surface area contributed by atoms with Gasteiger partial charge in [0.25, 0.3) is 0 Å². The molecule has 7 heteroatoms. The van der Waals surface area contributed by atoms with Crippen LogP contribution in [0.4, 0.5) is 0 Å². The SMILES string of the molecule is COc1cccc(Cn2nc(-c3ccc(OC)c(OC)c3)c(C)c2-c2ccc(OC)c(OC)c2)c1. The van der Waals surface area contributed by atoms with Gasteiger partial charge in [0.1, 0.15) is 5.75 Å². The summed E-state index contributed by atoms with van der Waals surface area (Å²) in [5.74, 6) is 3.46. The van der Waals surface area contributed by atoms with Crippen molar-refractivity contribution in [1.82, 2.24) is 9.78 Å². The van der Waals surface area contributed by atoms with Crippen LogP contribution in [-0.4, -0.2) is 45.3 Å². The summed E-state index contributed by atoms with van der Waals surface area (Å²) in [5, 5.41) is 5.04. The van der Waals surface area contributed by atoms with Crippen molar-refractivity contribution in [3.05, 3.63) is 71.8 Å². The van der Waals surface area contributed by atoms with E-state index in [1.807, 2.05) is 59.3 Å². The average molecular weight is 475 g/mol. The molecule has 0 N–H and O–H groups in total. The van der Waals surface area contributed by atoms with Crippen LogP contribution < -0.4 is 23.7 Å². The van der Waals surface area contributed by atoms with E-state index in [4.69, 9.17) is 28.8 Å². The Morgan fingerprint density at radius 3 is 1.86 bits per heavy atom. The van der Waals surface area contributed by atoms with Crippen LogP contribution in [0.1, 0.15) is 11.1 Å². The highest BCUT2D eigenvalue weighted by atomic mass is 16.5. The Kier molecular flexibility index (Phi) is 7.15. The average Bonchev–Trinajstić information content (AvgIpc) is 3.22. The molecule has 0 unspecified atom stereocenters. The number of benzene rings is 3. The lowest BCUT2D eigenvalue weighted by molar-refractivity contribution is 0.355. The molecular formula is C28H30N2O5. The summed E-state index contributed by atoms with van der Waals surface area (Å²) < 4.78 is 29.4. The lowest BCUT2D eigenvalue weighted by atomic mass is 10.0. The highest BCUT2D eigenvalue weighted by Crippen LogP contribution is 2.39. The Labute approximate surface area is 205 Å². The Morgan fingerprint density at radius 1 is 0.657 bits per heavy atom. The van der Waals surface area contributed by atoms with Crippen molar-refractivity contribution >= 4 is 0 Å². The Balaban J connectivity index is 1.89. The lowest BCUT2D eigenvalue weighted by Gasteiger charge is -2.13. The number of nitrogens with zero attached hydrogens (tertiary/aromatic N) is 2. The summed E-state index contributed by atoms with van der Waals surface area (Å²) in [6, 6.07) is 19.7. The molecule has 0 saturated heterocycles. The lowest BCUT2D eigenvalue weighted by Crippen LogP contribution is -2.05. The van der Waals surface area contributed by atoms with Gasteiger partial charge in [-0.05, 0) is 61.0 Å². The van der Waals surface area contributed by atoms with Crippen molar-refractivity contribution in [3.8, 4) is 51.3 Å². The first kappa shape index (κ1) is 24.0. The fourth-order valence-corrected chi connectivity index (χ4v) is 4.22. The first-order chi connectivity index (χ1) is 17.0. The van der Waals surface area contributed by atoms with E-state index in [0.29, 0.717) is 29.5 Å². The van der Waals surface area contributed by atoms with Gasteiger partial charge >= 0.3 is 0 Å². The number of aromatic nitrogens is 2. The van der Waals surface area contributed by atoms with E-state index < -0.39 is 0 Å². The third-order valence-electron chi connectivity index (χ3n) is 5.97. The quantitative estimate of drug-likeness (QED) is 0.314. The molecule has 0 aliphatic rings. The Bertz CT molecular complexity index is 1330. The van der Waals surface area contributed by atoms with Gasteiger partial charge in [-0.3, -0.25) is 4.68 Å². The van der Waals surface area contributed by atoms with Gasteiger partial charge in [-0.2, -0.15) is 5.10 Å². The minimum atomic E-state index is 0.564. The fourth-order valence-electron chi connectivity index (χ4n) is 4.22. The van der Waals surface area contributed by atoms with E-state index in [9.17, 15) is 0 Å². The number of ether oxygens (including phenoxy) is 5. The van der Waals surface area contributed by atoms with Gasteiger partial charge in [-0.25, -0.2) is 0 Å². The van der Waals surface area contributed by atoms with E-state index in [1.54, 1.807) is 35.5 Å². The number of hydrogen-bond donors (Lipinski definition) is 0. The minimum absolute atomic E-state index is 0.564. The maximum absolute atomic E-state index is 5.57. The highest BCUT2D eigenvalue weighted by molar-refractivity contribution is 5.76. The molecule has 0 radical (unpaired) electrons. The minimum Gasteiger partial charge on any atom is -0.497 e. The summed E-state index contributed by atoms with van der Waals surface area (Å²) >= 11 is 0. The van der Waals surface area contributed by atoms with Crippen molar-refractivity contribution in [3.63, 3.8) is 0 Å². The Morgan fingerprint density at radius 2 is 1.26 bits per heavy atom. The zero-order valence-corrected chi connectivity index (χ0v) is 20.9. The number of rotatable bonds is 9. The van der Waals surface area contributed by atoms with Gasteiger partial charge in [-0.1, -0.05) is 12.1 Å². The zero-order chi connectivity index (χ0) is 24.9.